The molecule has 1 aliphatic rings. The van der Waals surface area contributed by atoms with Crippen molar-refractivity contribution in [2.24, 2.45) is 0 Å². The van der Waals surface area contributed by atoms with Crippen molar-refractivity contribution in [3.8, 4) is 0 Å². The molecule has 0 bridgehead atoms. The highest BCUT2D eigenvalue weighted by molar-refractivity contribution is 5.69. The maximum Gasteiger partial charge on any atom is 0.410 e. The van der Waals surface area contributed by atoms with E-state index in [0.29, 0.717) is 0 Å². The zero-order valence-corrected chi connectivity index (χ0v) is 17.4. The van der Waals surface area contributed by atoms with Crippen LogP contribution in [0.1, 0.15) is 83.2 Å². The minimum absolute atomic E-state index is 0.137. The van der Waals surface area contributed by atoms with Crippen molar-refractivity contribution in [2.45, 2.75) is 86.8 Å². The van der Waals surface area contributed by atoms with E-state index >= 15 is 0 Å². The summed E-state index contributed by atoms with van der Waals surface area (Å²) in [6, 6.07) is 4.56. The number of amides is 1. The van der Waals surface area contributed by atoms with E-state index in [2.05, 4.69) is 26.0 Å². The van der Waals surface area contributed by atoms with E-state index in [9.17, 15) is 4.79 Å². The third-order valence-electron chi connectivity index (χ3n) is 3.83. The number of hydrogen-bond donors (Lipinski definition) is 0. The molecule has 1 amide bonds. The summed E-state index contributed by atoms with van der Waals surface area (Å²) < 4.78 is 5.47. The van der Waals surface area contributed by atoms with Gasteiger partial charge in [0.1, 0.15) is 5.60 Å². The molecule has 0 aromatic heterocycles. The zero-order chi connectivity index (χ0) is 19.1. The molecule has 0 saturated heterocycles. The van der Waals surface area contributed by atoms with E-state index in [-0.39, 0.29) is 12.1 Å². The molecule has 1 aliphatic carbocycles. The van der Waals surface area contributed by atoms with Crippen LogP contribution in [0.15, 0.2) is 12.1 Å². The van der Waals surface area contributed by atoms with E-state index in [1.165, 1.54) is 22.3 Å². The van der Waals surface area contributed by atoms with Gasteiger partial charge in [0, 0.05) is 7.05 Å². The number of carbonyl (C=O) groups is 1. The largest absolute Gasteiger partial charge is 0.444 e. The van der Waals surface area contributed by atoms with Gasteiger partial charge in [-0.3, -0.25) is 0 Å². The molecule has 0 radical (unpaired) electrons. The van der Waals surface area contributed by atoms with Gasteiger partial charge in [0.25, 0.3) is 0 Å². The van der Waals surface area contributed by atoms with Crippen LogP contribution >= 0.6 is 0 Å². The van der Waals surface area contributed by atoms with Crippen LogP contribution in [0.4, 0.5) is 4.79 Å². The fourth-order valence-corrected chi connectivity index (χ4v) is 2.97. The summed E-state index contributed by atoms with van der Waals surface area (Å²) in [5.41, 5.74) is 4.83. The number of fused-ring (bicyclic) bond motifs is 1. The summed E-state index contributed by atoms with van der Waals surface area (Å²) in [5.74, 6) is 0. The van der Waals surface area contributed by atoms with Gasteiger partial charge in [0.2, 0.25) is 0 Å². The van der Waals surface area contributed by atoms with Crippen molar-refractivity contribution in [3.63, 3.8) is 0 Å². The summed E-state index contributed by atoms with van der Waals surface area (Å²) in [4.78, 5) is 14.0. The van der Waals surface area contributed by atoms with Crippen LogP contribution in [-0.2, 0) is 11.2 Å². The van der Waals surface area contributed by atoms with Gasteiger partial charge in [0.05, 0.1) is 6.04 Å². The predicted molar refractivity (Wildman–Crippen MR) is 104 cm³/mol. The van der Waals surface area contributed by atoms with Crippen molar-refractivity contribution in [2.75, 3.05) is 7.05 Å². The third kappa shape index (κ3) is 5.85. The second-order valence-corrected chi connectivity index (χ2v) is 6.80. The number of hydrogen-bond acceptors (Lipinski definition) is 2. The molecule has 138 valence electrons. The molecule has 1 atom stereocenters. The highest BCUT2D eigenvalue weighted by Crippen LogP contribution is 2.38. The van der Waals surface area contributed by atoms with Crippen molar-refractivity contribution >= 4 is 6.09 Å². The lowest BCUT2D eigenvalue weighted by atomic mass is 10.00. The van der Waals surface area contributed by atoms with Gasteiger partial charge < -0.3 is 9.64 Å². The lowest BCUT2D eigenvalue weighted by molar-refractivity contribution is 0.0220. The number of benzene rings is 1. The van der Waals surface area contributed by atoms with E-state index in [0.717, 1.165) is 12.8 Å². The van der Waals surface area contributed by atoms with Crippen molar-refractivity contribution in [3.05, 3.63) is 34.4 Å². The quantitative estimate of drug-likeness (QED) is 0.610. The fourth-order valence-electron chi connectivity index (χ4n) is 2.97. The molecule has 3 heteroatoms. The summed E-state index contributed by atoms with van der Waals surface area (Å²) in [5, 5.41) is 0. The second-order valence-electron chi connectivity index (χ2n) is 6.80. The Morgan fingerprint density at radius 1 is 1.12 bits per heavy atom. The van der Waals surface area contributed by atoms with Gasteiger partial charge in [-0.25, -0.2) is 4.79 Å². The van der Waals surface area contributed by atoms with E-state index in [1.807, 2.05) is 55.5 Å². The molecule has 0 aliphatic heterocycles. The number of aryl methyl sites for hydroxylation is 2. The van der Waals surface area contributed by atoms with Crippen LogP contribution in [0, 0.1) is 13.8 Å². The molecular formula is C21H37NO2. The first-order chi connectivity index (χ1) is 11.2. The molecule has 0 fully saturated rings. The molecule has 24 heavy (non-hydrogen) atoms. The van der Waals surface area contributed by atoms with E-state index < -0.39 is 5.60 Å². The first-order valence-electron chi connectivity index (χ1n) is 9.25. The first kappa shape index (κ1) is 22.5. The van der Waals surface area contributed by atoms with Crippen molar-refractivity contribution in [1.82, 2.24) is 4.90 Å². The fraction of sp³-hybridized carbons (Fsp3) is 0.667. The van der Waals surface area contributed by atoms with Crippen molar-refractivity contribution < 1.29 is 9.53 Å². The molecule has 2 rings (SSSR count). The van der Waals surface area contributed by atoms with Gasteiger partial charge in [-0.2, -0.15) is 0 Å². The molecule has 0 saturated carbocycles. The number of ether oxygens (including phenoxy) is 1. The molecule has 0 spiro atoms. The molecule has 1 unspecified atom stereocenters. The standard InChI is InChI=1S/C17H25NO2.2C2H6/c1-11-9-12(2)13-7-8-15(14(13)10-11)18(6)16(19)20-17(3,4)5;2*1-2/h9-10,15H,7-8H2,1-6H3;2*1-2H3. The average molecular weight is 336 g/mol. The SMILES string of the molecule is CC.CC.Cc1cc(C)c2c(c1)C(N(C)C(=O)OC(C)(C)C)CC2. The van der Waals surface area contributed by atoms with Gasteiger partial charge in [-0.15, -0.1) is 0 Å². The number of carbonyl (C=O) groups excluding carboxylic acids is 1. The average Bonchev–Trinajstić information content (AvgIpc) is 2.92. The van der Waals surface area contributed by atoms with Crippen molar-refractivity contribution in [1.29, 1.82) is 0 Å². The summed E-state index contributed by atoms with van der Waals surface area (Å²) in [7, 11) is 1.84. The summed E-state index contributed by atoms with van der Waals surface area (Å²) in [6.45, 7) is 18.0. The summed E-state index contributed by atoms with van der Waals surface area (Å²) in [6.07, 6.45) is 1.78. The maximum absolute atomic E-state index is 12.2. The molecule has 1 aromatic rings. The van der Waals surface area contributed by atoms with Gasteiger partial charge in [-0.1, -0.05) is 45.4 Å². The highest BCUT2D eigenvalue weighted by atomic mass is 16.6. The Labute approximate surface area is 149 Å². The van der Waals surface area contributed by atoms with Gasteiger partial charge in [0.15, 0.2) is 0 Å². The van der Waals surface area contributed by atoms with Crippen LogP contribution in [-0.4, -0.2) is 23.6 Å². The predicted octanol–water partition coefficient (Wildman–Crippen LogP) is 6.21. The molecule has 0 heterocycles. The van der Waals surface area contributed by atoms with Gasteiger partial charge in [-0.05, 0) is 64.2 Å². The minimum atomic E-state index is -0.449. The van der Waals surface area contributed by atoms with Crippen LogP contribution in [0.5, 0.6) is 0 Å². The Hall–Kier alpha value is -1.51. The number of nitrogens with zero attached hydrogens (tertiary/aromatic N) is 1. The summed E-state index contributed by atoms with van der Waals surface area (Å²) >= 11 is 0. The lowest BCUT2D eigenvalue weighted by Gasteiger charge is -2.29. The van der Waals surface area contributed by atoms with Crippen LogP contribution in [0.25, 0.3) is 0 Å². The smallest absolute Gasteiger partial charge is 0.410 e. The molecule has 3 nitrogen and oxygen atoms in total. The maximum atomic E-state index is 12.2. The van der Waals surface area contributed by atoms with Crippen LogP contribution < -0.4 is 0 Å². The van der Waals surface area contributed by atoms with E-state index in [4.69, 9.17) is 4.74 Å². The Morgan fingerprint density at radius 3 is 2.17 bits per heavy atom. The van der Waals surface area contributed by atoms with Crippen LogP contribution in [0.3, 0.4) is 0 Å². The Kier molecular flexibility index (Phi) is 9.09. The lowest BCUT2D eigenvalue weighted by Crippen LogP contribution is -2.36. The zero-order valence-electron chi connectivity index (χ0n) is 17.4. The van der Waals surface area contributed by atoms with Gasteiger partial charge >= 0.3 is 6.09 Å². The molecule has 0 N–H and O–H groups in total. The van der Waals surface area contributed by atoms with Crippen LogP contribution in [0.2, 0.25) is 0 Å². The first-order valence-corrected chi connectivity index (χ1v) is 9.25. The topological polar surface area (TPSA) is 29.5 Å². The Balaban J connectivity index is 0.00000123. The Morgan fingerprint density at radius 2 is 1.67 bits per heavy atom. The monoisotopic (exact) mass is 335 g/mol. The second kappa shape index (κ2) is 9.71. The highest BCUT2D eigenvalue weighted by Gasteiger charge is 2.32. The Bertz CT molecular complexity index is 529. The third-order valence-corrected chi connectivity index (χ3v) is 3.83. The normalized spacial score (nSPS) is 15.3. The number of rotatable bonds is 1. The minimum Gasteiger partial charge on any atom is -0.444 e. The van der Waals surface area contributed by atoms with E-state index in [1.54, 1.807) is 4.90 Å². The molecule has 1 aromatic carbocycles. The molecular weight excluding hydrogens is 298 g/mol.